The van der Waals surface area contributed by atoms with E-state index in [0.29, 0.717) is 6.61 Å². The maximum atomic E-state index is 12.0. The van der Waals surface area contributed by atoms with Crippen molar-refractivity contribution in [1.82, 2.24) is 0 Å². The first-order valence-electron chi connectivity index (χ1n) is 6.17. The van der Waals surface area contributed by atoms with Crippen LogP contribution in [0.5, 0.6) is 5.75 Å². The zero-order valence-corrected chi connectivity index (χ0v) is 11.9. The summed E-state index contributed by atoms with van der Waals surface area (Å²) in [6.07, 6.45) is 0. The lowest BCUT2D eigenvalue weighted by Crippen LogP contribution is -2.14. The highest BCUT2D eigenvalue weighted by Gasteiger charge is 2.26. The van der Waals surface area contributed by atoms with E-state index in [2.05, 4.69) is 0 Å². The summed E-state index contributed by atoms with van der Waals surface area (Å²) >= 11 is 0. The van der Waals surface area contributed by atoms with Crippen molar-refractivity contribution in [2.24, 2.45) is 0 Å². The minimum Gasteiger partial charge on any atom is -0.490 e. The molecule has 1 aromatic carbocycles. The van der Waals surface area contributed by atoms with Crippen LogP contribution >= 0.6 is 0 Å². The minimum absolute atomic E-state index is 0.00110. The molecule has 0 amide bonds. The number of carbonyl (C=O) groups is 1. The third kappa shape index (κ3) is 5.01. The lowest BCUT2D eigenvalue weighted by molar-refractivity contribution is -0.385. The van der Waals surface area contributed by atoms with Crippen LogP contribution in [0.3, 0.4) is 0 Å². The number of nitro benzene ring substituents is 1. The fraction of sp³-hybridized carbons (Fsp3) is 0.462. The monoisotopic (exact) mass is 299 g/mol. The first kappa shape index (κ1) is 16.9. The summed E-state index contributed by atoms with van der Waals surface area (Å²) in [6.45, 7) is 0.655. The molecule has 0 aliphatic heterocycles. The smallest absolute Gasteiger partial charge is 0.349 e. The zero-order valence-electron chi connectivity index (χ0n) is 11.9. The van der Waals surface area contributed by atoms with Gasteiger partial charge >= 0.3 is 5.97 Å². The number of hydrogen-bond donors (Lipinski definition) is 0. The second-order valence-electron chi connectivity index (χ2n) is 3.88. The maximum Gasteiger partial charge on any atom is 0.349 e. The van der Waals surface area contributed by atoms with Crippen molar-refractivity contribution >= 4 is 11.7 Å². The van der Waals surface area contributed by atoms with Crippen LogP contribution in [0, 0.1) is 10.1 Å². The summed E-state index contributed by atoms with van der Waals surface area (Å²) in [7, 11) is 2.95. The van der Waals surface area contributed by atoms with E-state index in [0.717, 1.165) is 0 Å². The number of benzene rings is 1. The molecular formula is C13H17NO7. The number of methoxy groups -OCH3 is 2. The Kier molecular flexibility index (Phi) is 7.13. The SMILES string of the molecule is COCCOC(=O)c1c(OCCOC)cccc1[N+](=O)[O-]. The van der Waals surface area contributed by atoms with E-state index in [1.54, 1.807) is 0 Å². The van der Waals surface area contributed by atoms with Crippen molar-refractivity contribution in [3.8, 4) is 5.75 Å². The van der Waals surface area contributed by atoms with Gasteiger partial charge in [0, 0.05) is 20.3 Å². The number of carbonyl (C=O) groups excluding carboxylic acids is 1. The topological polar surface area (TPSA) is 97.1 Å². The largest absolute Gasteiger partial charge is 0.490 e. The summed E-state index contributed by atoms with van der Waals surface area (Å²) < 4.78 is 19.8. The van der Waals surface area contributed by atoms with Gasteiger partial charge in [0.2, 0.25) is 0 Å². The van der Waals surface area contributed by atoms with Gasteiger partial charge in [-0.2, -0.15) is 0 Å². The third-order valence-electron chi connectivity index (χ3n) is 2.47. The molecule has 0 bridgehead atoms. The van der Waals surface area contributed by atoms with Crippen molar-refractivity contribution in [3.63, 3.8) is 0 Å². The molecule has 1 rings (SSSR count). The van der Waals surface area contributed by atoms with Gasteiger partial charge in [-0.25, -0.2) is 4.79 Å². The van der Waals surface area contributed by atoms with Gasteiger partial charge in [-0.15, -0.1) is 0 Å². The van der Waals surface area contributed by atoms with Gasteiger partial charge in [0.05, 0.1) is 18.1 Å². The second kappa shape index (κ2) is 8.88. The fourth-order valence-corrected chi connectivity index (χ4v) is 1.52. The first-order chi connectivity index (χ1) is 10.1. The van der Waals surface area contributed by atoms with E-state index < -0.39 is 10.9 Å². The Bertz CT molecular complexity index is 489. The average molecular weight is 299 g/mol. The molecule has 0 N–H and O–H groups in total. The van der Waals surface area contributed by atoms with Crippen molar-refractivity contribution in [2.75, 3.05) is 40.6 Å². The van der Waals surface area contributed by atoms with Crippen molar-refractivity contribution in [1.29, 1.82) is 0 Å². The van der Waals surface area contributed by atoms with Crippen LogP contribution < -0.4 is 4.74 Å². The summed E-state index contributed by atoms with van der Waals surface area (Å²) in [6, 6.07) is 4.12. The molecule has 0 aliphatic rings. The quantitative estimate of drug-likeness (QED) is 0.294. The molecular weight excluding hydrogens is 282 g/mol. The second-order valence-corrected chi connectivity index (χ2v) is 3.88. The molecule has 0 atom stereocenters. The van der Waals surface area contributed by atoms with Gasteiger partial charge in [0.1, 0.15) is 19.0 Å². The van der Waals surface area contributed by atoms with Crippen LogP contribution in [-0.2, 0) is 14.2 Å². The molecule has 0 fully saturated rings. The molecule has 0 aromatic heterocycles. The molecule has 0 saturated carbocycles. The van der Waals surface area contributed by atoms with Crippen molar-refractivity contribution < 1.29 is 28.7 Å². The normalized spacial score (nSPS) is 10.2. The minimum atomic E-state index is -0.827. The van der Waals surface area contributed by atoms with Gasteiger partial charge in [-0.3, -0.25) is 10.1 Å². The predicted octanol–water partition coefficient (Wildman–Crippen LogP) is 1.42. The molecule has 0 saturated heterocycles. The molecule has 0 heterocycles. The van der Waals surface area contributed by atoms with E-state index in [1.165, 1.54) is 32.4 Å². The lowest BCUT2D eigenvalue weighted by atomic mass is 10.1. The Hall–Kier alpha value is -2.19. The van der Waals surface area contributed by atoms with Gasteiger partial charge < -0.3 is 18.9 Å². The molecule has 0 spiro atoms. The number of nitro groups is 1. The molecule has 1 aromatic rings. The number of esters is 1. The predicted molar refractivity (Wildman–Crippen MR) is 72.6 cm³/mol. The highest BCUT2D eigenvalue weighted by atomic mass is 16.6. The van der Waals surface area contributed by atoms with E-state index in [-0.39, 0.29) is 36.8 Å². The van der Waals surface area contributed by atoms with Gasteiger partial charge in [0.25, 0.3) is 5.69 Å². The molecule has 8 nitrogen and oxygen atoms in total. The standard InChI is InChI=1S/C13H17NO7/c1-18-6-8-20-11-5-3-4-10(14(16)17)12(11)13(15)21-9-7-19-2/h3-5H,6-9H2,1-2H3. The van der Waals surface area contributed by atoms with E-state index in [4.69, 9.17) is 18.9 Å². The summed E-state index contributed by atoms with van der Waals surface area (Å²) in [5, 5.41) is 11.0. The molecule has 0 unspecified atom stereocenters. The highest BCUT2D eigenvalue weighted by Crippen LogP contribution is 2.29. The summed E-state index contributed by atoms with van der Waals surface area (Å²) in [4.78, 5) is 22.4. The van der Waals surface area contributed by atoms with Crippen molar-refractivity contribution in [2.45, 2.75) is 0 Å². The molecule has 8 heteroatoms. The number of hydrogen-bond acceptors (Lipinski definition) is 7. The highest BCUT2D eigenvalue weighted by molar-refractivity contribution is 5.97. The van der Waals surface area contributed by atoms with Crippen LogP contribution in [0.4, 0.5) is 5.69 Å². The van der Waals surface area contributed by atoms with E-state index in [1.807, 2.05) is 0 Å². The van der Waals surface area contributed by atoms with E-state index in [9.17, 15) is 14.9 Å². The lowest BCUT2D eigenvalue weighted by Gasteiger charge is -2.11. The van der Waals surface area contributed by atoms with Crippen molar-refractivity contribution in [3.05, 3.63) is 33.9 Å². The van der Waals surface area contributed by atoms with Gasteiger partial charge in [-0.05, 0) is 6.07 Å². The van der Waals surface area contributed by atoms with Crippen LogP contribution in [0.15, 0.2) is 18.2 Å². The molecule has 0 aliphatic carbocycles. The Labute approximate surface area is 121 Å². The van der Waals surface area contributed by atoms with Crippen LogP contribution in [0.2, 0.25) is 0 Å². The zero-order chi connectivity index (χ0) is 15.7. The van der Waals surface area contributed by atoms with Gasteiger partial charge in [-0.1, -0.05) is 6.07 Å². The molecule has 0 radical (unpaired) electrons. The van der Waals surface area contributed by atoms with Gasteiger partial charge in [0.15, 0.2) is 5.56 Å². The Morgan fingerprint density at radius 1 is 1.14 bits per heavy atom. The Morgan fingerprint density at radius 3 is 2.43 bits per heavy atom. The number of rotatable bonds is 9. The average Bonchev–Trinajstić information content (AvgIpc) is 2.47. The van der Waals surface area contributed by atoms with Crippen LogP contribution in [0.25, 0.3) is 0 Å². The Balaban J connectivity index is 2.99. The van der Waals surface area contributed by atoms with E-state index >= 15 is 0 Å². The van der Waals surface area contributed by atoms with Crippen LogP contribution in [-0.4, -0.2) is 51.5 Å². The first-order valence-corrected chi connectivity index (χ1v) is 6.17. The fourth-order valence-electron chi connectivity index (χ4n) is 1.52. The molecule has 21 heavy (non-hydrogen) atoms. The number of nitrogens with zero attached hydrogens (tertiary/aromatic N) is 1. The summed E-state index contributed by atoms with van der Waals surface area (Å²) in [5.74, 6) is -0.740. The molecule has 116 valence electrons. The third-order valence-corrected chi connectivity index (χ3v) is 2.47. The maximum absolute atomic E-state index is 12.0. The summed E-state index contributed by atoms with van der Waals surface area (Å²) in [5.41, 5.74) is -0.581. The van der Waals surface area contributed by atoms with Crippen LogP contribution in [0.1, 0.15) is 10.4 Å². The number of ether oxygens (including phenoxy) is 4. The Morgan fingerprint density at radius 2 is 1.81 bits per heavy atom.